The third kappa shape index (κ3) is 2.87. The molecule has 1 aliphatic heterocycles. The Morgan fingerprint density at radius 2 is 1.85 bits per heavy atom. The van der Waals surface area contributed by atoms with Gasteiger partial charge >= 0.3 is 0 Å². The van der Waals surface area contributed by atoms with Crippen LogP contribution in [0.15, 0.2) is 48.8 Å². The van der Waals surface area contributed by atoms with Crippen LogP contribution in [0, 0.1) is 0 Å². The van der Waals surface area contributed by atoms with Crippen LogP contribution in [0.5, 0.6) is 5.75 Å². The first-order valence-electron chi connectivity index (χ1n) is 8.75. The normalized spacial score (nSPS) is 14.7. The molecule has 0 atom stereocenters. The highest BCUT2D eigenvalue weighted by atomic mass is 16.5. The number of methoxy groups -OCH3 is 1. The van der Waals surface area contributed by atoms with Gasteiger partial charge in [-0.3, -0.25) is 4.79 Å². The maximum Gasteiger partial charge on any atom is 0.254 e. The van der Waals surface area contributed by atoms with Gasteiger partial charge in [0.15, 0.2) is 0 Å². The van der Waals surface area contributed by atoms with Gasteiger partial charge in [0, 0.05) is 38.8 Å². The highest BCUT2D eigenvalue weighted by molar-refractivity contribution is 5.97. The topological polar surface area (TPSA) is 50.6 Å². The quantitative estimate of drug-likeness (QED) is 0.728. The van der Waals surface area contributed by atoms with Crippen molar-refractivity contribution in [1.82, 2.24) is 14.5 Å². The van der Waals surface area contributed by atoms with E-state index in [1.165, 1.54) is 0 Å². The molecule has 0 aliphatic carbocycles. The number of piperazine rings is 1. The van der Waals surface area contributed by atoms with Gasteiger partial charge in [0.05, 0.1) is 30.2 Å². The van der Waals surface area contributed by atoms with Gasteiger partial charge in [-0.25, -0.2) is 4.98 Å². The van der Waals surface area contributed by atoms with Crippen molar-refractivity contribution >= 4 is 22.6 Å². The van der Waals surface area contributed by atoms with Crippen molar-refractivity contribution < 1.29 is 9.53 Å². The minimum Gasteiger partial charge on any atom is -0.495 e. The summed E-state index contributed by atoms with van der Waals surface area (Å²) in [4.78, 5) is 21.4. The van der Waals surface area contributed by atoms with Gasteiger partial charge < -0.3 is 19.1 Å². The molecule has 0 saturated carbocycles. The molecule has 0 N–H and O–H groups in total. The number of ether oxygens (including phenoxy) is 1. The Bertz CT molecular complexity index is 942. The van der Waals surface area contributed by atoms with Gasteiger partial charge in [-0.05, 0) is 30.3 Å². The van der Waals surface area contributed by atoms with E-state index in [-0.39, 0.29) is 5.91 Å². The van der Waals surface area contributed by atoms with Crippen LogP contribution in [0.2, 0.25) is 0 Å². The number of hydrogen-bond donors (Lipinski definition) is 0. The van der Waals surface area contributed by atoms with Crippen molar-refractivity contribution in [2.75, 3.05) is 38.2 Å². The molecule has 1 aliphatic rings. The number of rotatable bonds is 3. The maximum absolute atomic E-state index is 12.9. The van der Waals surface area contributed by atoms with Gasteiger partial charge in [-0.15, -0.1) is 0 Å². The zero-order valence-electron chi connectivity index (χ0n) is 15.1. The van der Waals surface area contributed by atoms with Crippen molar-refractivity contribution in [3.8, 4) is 5.75 Å². The first-order chi connectivity index (χ1) is 12.7. The summed E-state index contributed by atoms with van der Waals surface area (Å²) in [5.41, 5.74) is 3.66. The zero-order chi connectivity index (χ0) is 18.1. The fourth-order valence-corrected chi connectivity index (χ4v) is 3.49. The molecule has 1 fully saturated rings. The van der Waals surface area contributed by atoms with E-state index in [4.69, 9.17) is 4.74 Å². The van der Waals surface area contributed by atoms with Gasteiger partial charge in [-0.1, -0.05) is 12.1 Å². The van der Waals surface area contributed by atoms with Crippen LogP contribution in [-0.2, 0) is 7.05 Å². The van der Waals surface area contributed by atoms with E-state index >= 15 is 0 Å². The fraction of sp³-hybridized carbons (Fsp3) is 0.300. The standard InChI is InChI=1S/C20H22N4O2/c1-22-14-21-16-13-15(7-8-17(16)22)20(25)24-11-9-23(10-12-24)18-5-3-4-6-19(18)26-2/h3-8,13-14H,9-12H2,1-2H3. The summed E-state index contributed by atoms with van der Waals surface area (Å²) >= 11 is 0. The van der Waals surface area contributed by atoms with Crippen LogP contribution < -0.4 is 9.64 Å². The van der Waals surface area contributed by atoms with Crippen LogP contribution in [0.3, 0.4) is 0 Å². The number of para-hydroxylation sites is 2. The summed E-state index contributed by atoms with van der Waals surface area (Å²) in [7, 11) is 3.64. The van der Waals surface area contributed by atoms with Crippen LogP contribution >= 0.6 is 0 Å². The smallest absolute Gasteiger partial charge is 0.254 e. The second-order valence-corrected chi connectivity index (χ2v) is 6.51. The number of amides is 1. The van der Waals surface area contributed by atoms with Crippen molar-refractivity contribution in [3.05, 3.63) is 54.4 Å². The van der Waals surface area contributed by atoms with E-state index in [0.717, 1.165) is 35.6 Å². The van der Waals surface area contributed by atoms with Gasteiger partial charge in [0.25, 0.3) is 5.91 Å². The molecule has 26 heavy (non-hydrogen) atoms. The third-order valence-electron chi connectivity index (χ3n) is 4.97. The second-order valence-electron chi connectivity index (χ2n) is 6.51. The molecule has 2 aromatic carbocycles. The molecule has 4 rings (SSSR count). The summed E-state index contributed by atoms with van der Waals surface area (Å²) in [5, 5.41) is 0. The molecule has 0 bridgehead atoms. The SMILES string of the molecule is COc1ccccc1N1CCN(C(=O)c2ccc3c(c2)ncn3C)CC1. The minimum atomic E-state index is 0.0669. The van der Waals surface area contributed by atoms with Crippen molar-refractivity contribution in [1.29, 1.82) is 0 Å². The predicted molar refractivity (Wildman–Crippen MR) is 102 cm³/mol. The van der Waals surface area contributed by atoms with E-state index < -0.39 is 0 Å². The number of hydrogen-bond acceptors (Lipinski definition) is 4. The number of aromatic nitrogens is 2. The summed E-state index contributed by atoms with van der Waals surface area (Å²) in [6.07, 6.45) is 1.77. The van der Waals surface area contributed by atoms with Crippen LogP contribution in [0.4, 0.5) is 5.69 Å². The molecule has 0 radical (unpaired) electrons. The Kier molecular flexibility index (Phi) is 4.24. The Labute approximate surface area is 152 Å². The highest BCUT2D eigenvalue weighted by Crippen LogP contribution is 2.28. The Balaban J connectivity index is 1.47. The second kappa shape index (κ2) is 6.71. The van der Waals surface area contributed by atoms with E-state index in [0.29, 0.717) is 18.7 Å². The molecule has 0 unspecified atom stereocenters. The highest BCUT2D eigenvalue weighted by Gasteiger charge is 2.24. The number of aryl methyl sites for hydroxylation is 1. The summed E-state index contributed by atoms with van der Waals surface area (Å²) in [6.45, 7) is 2.96. The lowest BCUT2D eigenvalue weighted by molar-refractivity contribution is 0.0747. The Morgan fingerprint density at radius 3 is 2.62 bits per heavy atom. The van der Waals surface area contributed by atoms with Crippen molar-refractivity contribution in [3.63, 3.8) is 0 Å². The van der Waals surface area contributed by atoms with Gasteiger partial charge in [0.1, 0.15) is 5.75 Å². The zero-order valence-corrected chi connectivity index (χ0v) is 15.1. The molecule has 6 nitrogen and oxygen atoms in total. The minimum absolute atomic E-state index is 0.0669. The average Bonchev–Trinajstić information content (AvgIpc) is 3.08. The molecule has 134 valence electrons. The number of imidazole rings is 1. The molecular formula is C20H22N4O2. The molecule has 1 aromatic heterocycles. The predicted octanol–water partition coefficient (Wildman–Crippen LogP) is 2.54. The Hall–Kier alpha value is -3.02. The van der Waals surface area contributed by atoms with Crippen LogP contribution in [-0.4, -0.2) is 53.6 Å². The number of carbonyl (C=O) groups is 1. The summed E-state index contributed by atoms with van der Waals surface area (Å²) < 4.78 is 7.41. The first kappa shape index (κ1) is 16.4. The number of benzene rings is 2. The number of carbonyl (C=O) groups excluding carboxylic acids is 1. The first-order valence-corrected chi connectivity index (χ1v) is 8.75. The molecular weight excluding hydrogens is 328 g/mol. The molecule has 1 saturated heterocycles. The van der Waals surface area contributed by atoms with E-state index in [1.807, 2.05) is 52.9 Å². The third-order valence-corrected chi connectivity index (χ3v) is 4.97. The van der Waals surface area contributed by atoms with E-state index in [9.17, 15) is 4.79 Å². The Morgan fingerprint density at radius 1 is 1.08 bits per heavy atom. The lowest BCUT2D eigenvalue weighted by Crippen LogP contribution is -2.48. The largest absolute Gasteiger partial charge is 0.495 e. The molecule has 2 heterocycles. The molecule has 0 spiro atoms. The van der Waals surface area contributed by atoms with Crippen molar-refractivity contribution in [2.45, 2.75) is 0 Å². The van der Waals surface area contributed by atoms with Gasteiger partial charge in [-0.2, -0.15) is 0 Å². The van der Waals surface area contributed by atoms with Crippen LogP contribution in [0.1, 0.15) is 10.4 Å². The van der Waals surface area contributed by atoms with Crippen LogP contribution in [0.25, 0.3) is 11.0 Å². The molecule has 3 aromatic rings. The van der Waals surface area contributed by atoms with Gasteiger partial charge in [0.2, 0.25) is 0 Å². The maximum atomic E-state index is 12.9. The number of nitrogens with zero attached hydrogens (tertiary/aromatic N) is 4. The molecule has 1 amide bonds. The van der Waals surface area contributed by atoms with E-state index in [2.05, 4.69) is 16.0 Å². The van der Waals surface area contributed by atoms with Crippen molar-refractivity contribution in [2.24, 2.45) is 7.05 Å². The average molecular weight is 350 g/mol. The summed E-state index contributed by atoms with van der Waals surface area (Å²) in [6, 6.07) is 13.7. The fourth-order valence-electron chi connectivity index (χ4n) is 3.49. The van der Waals surface area contributed by atoms with E-state index in [1.54, 1.807) is 13.4 Å². The number of fused-ring (bicyclic) bond motifs is 1. The lowest BCUT2D eigenvalue weighted by atomic mass is 10.1. The monoisotopic (exact) mass is 350 g/mol. The lowest BCUT2D eigenvalue weighted by Gasteiger charge is -2.36. The molecule has 6 heteroatoms. The summed E-state index contributed by atoms with van der Waals surface area (Å²) in [5.74, 6) is 0.935. The number of anilines is 1.